The molecule has 1 saturated carbocycles. The van der Waals surface area contributed by atoms with Gasteiger partial charge in [0.15, 0.2) is 0 Å². The molecule has 1 aliphatic rings. The Hall–Kier alpha value is -2.63. The molecule has 0 atom stereocenters. The molecular weight excluding hydrogens is 306 g/mol. The fourth-order valence-electron chi connectivity index (χ4n) is 3.00. The summed E-state index contributed by atoms with van der Waals surface area (Å²) in [5.41, 5.74) is 2.60. The summed E-state index contributed by atoms with van der Waals surface area (Å²) in [6, 6.07) is 8.91. The van der Waals surface area contributed by atoms with Crippen molar-refractivity contribution in [3.8, 4) is 5.88 Å². The van der Waals surface area contributed by atoms with Crippen LogP contribution in [0.2, 0.25) is 0 Å². The summed E-state index contributed by atoms with van der Waals surface area (Å²) in [5.74, 6) is 0.676. The van der Waals surface area contributed by atoms with Crippen LogP contribution in [0.25, 0.3) is 0 Å². The molecule has 0 radical (unpaired) electrons. The number of hydrogen-bond donors (Lipinski definition) is 1. The van der Waals surface area contributed by atoms with E-state index in [1.165, 1.54) is 18.9 Å². The highest BCUT2D eigenvalue weighted by Gasteiger charge is 2.18. The maximum atomic E-state index is 10.9. The second-order valence-corrected chi connectivity index (χ2v) is 6.10. The quantitative estimate of drug-likeness (QED) is 0.634. The Balaban J connectivity index is 1.68. The molecule has 0 aliphatic heterocycles. The number of rotatable bonds is 6. The van der Waals surface area contributed by atoms with E-state index in [0.717, 1.165) is 24.1 Å². The van der Waals surface area contributed by atoms with Crippen molar-refractivity contribution in [2.45, 2.75) is 45.3 Å². The largest absolute Gasteiger partial charge is 0.474 e. The maximum absolute atomic E-state index is 10.9. The number of nitrogens with zero attached hydrogens (tertiary/aromatic N) is 2. The van der Waals surface area contributed by atoms with Gasteiger partial charge in [0, 0.05) is 35.6 Å². The van der Waals surface area contributed by atoms with E-state index in [1.54, 1.807) is 25.3 Å². The molecular formula is C18H21N3O3. The number of anilines is 1. The Morgan fingerprint density at radius 3 is 2.83 bits per heavy atom. The first-order chi connectivity index (χ1) is 11.6. The van der Waals surface area contributed by atoms with E-state index in [1.807, 2.05) is 12.1 Å². The Bertz CT molecular complexity index is 727. The van der Waals surface area contributed by atoms with E-state index in [4.69, 9.17) is 4.74 Å². The topological polar surface area (TPSA) is 77.3 Å². The molecule has 1 fully saturated rings. The molecule has 1 aliphatic carbocycles. The number of nitrogens with one attached hydrogen (secondary N) is 1. The maximum Gasteiger partial charge on any atom is 0.272 e. The molecule has 3 rings (SSSR count). The first-order valence-corrected chi connectivity index (χ1v) is 8.23. The molecule has 1 heterocycles. The zero-order valence-electron chi connectivity index (χ0n) is 13.7. The lowest BCUT2D eigenvalue weighted by atomic mass is 10.1. The average Bonchev–Trinajstić information content (AvgIpc) is 3.07. The normalized spacial score (nSPS) is 14.5. The van der Waals surface area contributed by atoms with Crippen LogP contribution < -0.4 is 10.1 Å². The molecule has 0 spiro atoms. The van der Waals surface area contributed by atoms with E-state index in [2.05, 4.69) is 10.3 Å². The molecule has 6 heteroatoms. The minimum atomic E-state index is -0.367. The Kier molecular flexibility index (Phi) is 4.93. The van der Waals surface area contributed by atoms with Crippen LogP contribution in [0.1, 0.15) is 36.8 Å². The van der Waals surface area contributed by atoms with Crippen molar-refractivity contribution in [3.05, 3.63) is 57.8 Å². The number of ether oxygens (including phenoxy) is 1. The third-order valence-electron chi connectivity index (χ3n) is 4.31. The predicted octanol–water partition coefficient (Wildman–Crippen LogP) is 4.23. The van der Waals surface area contributed by atoms with Crippen LogP contribution in [0, 0.1) is 17.0 Å². The minimum absolute atomic E-state index is 0.132. The summed E-state index contributed by atoms with van der Waals surface area (Å²) in [4.78, 5) is 14.9. The zero-order valence-corrected chi connectivity index (χ0v) is 13.7. The van der Waals surface area contributed by atoms with Gasteiger partial charge in [-0.3, -0.25) is 10.1 Å². The Morgan fingerprint density at radius 2 is 2.12 bits per heavy atom. The highest BCUT2D eigenvalue weighted by Crippen LogP contribution is 2.26. The highest BCUT2D eigenvalue weighted by atomic mass is 16.6. The average molecular weight is 327 g/mol. The van der Waals surface area contributed by atoms with Crippen molar-refractivity contribution >= 4 is 11.4 Å². The number of nitro groups is 1. The van der Waals surface area contributed by atoms with E-state index in [0.29, 0.717) is 18.0 Å². The summed E-state index contributed by atoms with van der Waals surface area (Å²) >= 11 is 0. The lowest BCUT2D eigenvalue weighted by molar-refractivity contribution is -0.385. The SMILES string of the molecule is Cc1cc(NCc2cccnc2OC2CCCC2)ccc1[N+](=O)[O-]. The van der Waals surface area contributed by atoms with Crippen molar-refractivity contribution in [2.75, 3.05) is 5.32 Å². The van der Waals surface area contributed by atoms with Gasteiger partial charge in [0.05, 0.1) is 4.92 Å². The summed E-state index contributed by atoms with van der Waals surface area (Å²) in [5, 5.41) is 14.2. The molecule has 0 bridgehead atoms. The number of aryl methyl sites for hydroxylation is 1. The van der Waals surface area contributed by atoms with Crippen LogP contribution in [0.4, 0.5) is 11.4 Å². The fraction of sp³-hybridized carbons (Fsp3) is 0.389. The lowest BCUT2D eigenvalue weighted by Crippen LogP contribution is -2.14. The molecule has 126 valence electrons. The van der Waals surface area contributed by atoms with Crippen molar-refractivity contribution in [1.82, 2.24) is 4.98 Å². The van der Waals surface area contributed by atoms with Gasteiger partial charge in [0.25, 0.3) is 5.69 Å². The number of nitro benzene ring substituents is 1. The molecule has 24 heavy (non-hydrogen) atoms. The standard InChI is InChI=1S/C18H21N3O3/c1-13-11-15(8-9-17(13)21(22)23)20-12-14-5-4-10-19-18(14)24-16-6-2-3-7-16/h4-5,8-11,16,20H,2-3,6-7,12H2,1H3. The molecule has 0 amide bonds. The van der Waals surface area contributed by atoms with Gasteiger partial charge in [-0.05, 0) is 50.8 Å². The summed E-state index contributed by atoms with van der Waals surface area (Å²) in [6.45, 7) is 2.30. The number of benzene rings is 1. The van der Waals surface area contributed by atoms with E-state index in [9.17, 15) is 10.1 Å². The Labute approximate surface area is 141 Å². The third kappa shape index (κ3) is 3.82. The molecule has 1 N–H and O–H groups in total. The molecule has 1 aromatic carbocycles. The van der Waals surface area contributed by atoms with Crippen molar-refractivity contribution in [3.63, 3.8) is 0 Å². The van der Waals surface area contributed by atoms with Crippen molar-refractivity contribution in [1.29, 1.82) is 0 Å². The first kappa shape index (κ1) is 16.2. The second kappa shape index (κ2) is 7.29. The van der Waals surface area contributed by atoms with Gasteiger partial charge >= 0.3 is 0 Å². The van der Waals surface area contributed by atoms with Gasteiger partial charge in [-0.2, -0.15) is 0 Å². The number of pyridine rings is 1. The van der Waals surface area contributed by atoms with Gasteiger partial charge in [0.2, 0.25) is 5.88 Å². The predicted molar refractivity (Wildman–Crippen MR) is 92.3 cm³/mol. The first-order valence-electron chi connectivity index (χ1n) is 8.23. The van der Waals surface area contributed by atoms with Crippen LogP contribution in [0.15, 0.2) is 36.5 Å². The number of aromatic nitrogens is 1. The van der Waals surface area contributed by atoms with Crippen LogP contribution in [-0.2, 0) is 6.54 Å². The van der Waals surface area contributed by atoms with Crippen LogP contribution >= 0.6 is 0 Å². The molecule has 6 nitrogen and oxygen atoms in total. The van der Waals surface area contributed by atoms with Crippen LogP contribution in [0.3, 0.4) is 0 Å². The summed E-state index contributed by atoms with van der Waals surface area (Å²) < 4.78 is 6.03. The van der Waals surface area contributed by atoms with Gasteiger partial charge in [0.1, 0.15) is 6.10 Å². The van der Waals surface area contributed by atoms with Crippen molar-refractivity contribution < 1.29 is 9.66 Å². The zero-order chi connectivity index (χ0) is 16.9. The van der Waals surface area contributed by atoms with E-state index in [-0.39, 0.29) is 16.7 Å². The highest BCUT2D eigenvalue weighted by molar-refractivity contribution is 5.54. The number of hydrogen-bond acceptors (Lipinski definition) is 5. The van der Waals surface area contributed by atoms with Crippen molar-refractivity contribution in [2.24, 2.45) is 0 Å². The van der Waals surface area contributed by atoms with E-state index < -0.39 is 0 Å². The third-order valence-corrected chi connectivity index (χ3v) is 4.31. The molecule has 2 aromatic rings. The van der Waals surface area contributed by atoms with Crippen LogP contribution in [0.5, 0.6) is 5.88 Å². The van der Waals surface area contributed by atoms with E-state index >= 15 is 0 Å². The molecule has 1 aromatic heterocycles. The van der Waals surface area contributed by atoms with Gasteiger partial charge in [-0.15, -0.1) is 0 Å². The fourth-order valence-corrected chi connectivity index (χ4v) is 3.00. The second-order valence-electron chi connectivity index (χ2n) is 6.10. The smallest absolute Gasteiger partial charge is 0.272 e. The van der Waals surface area contributed by atoms with Crippen LogP contribution in [-0.4, -0.2) is 16.0 Å². The minimum Gasteiger partial charge on any atom is -0.474 e. The van der Waals surface area contributed by atoms with Gasteiger partial charge in [-0.25, -0.2) is 4.98 Å². The summed E-state index contributed by atoms with van der Waals surface area (Å²) in [6.07, 6.45) is 6.61. The Morgan fingerprint density at radius 1 is 1.33 bits per heavy atom. The molecule has 0 unspecified atom stereocenters. The summed E-state index contributed by atoms with van der Waals surface area (Å²) in [7, 11) is 0. The molecule has 0 saturated heterocycles. The monoisotopic (exact) mass is 327 g/mol. The lowest BCUT2D eigenvalue weighted by Gasteiger charge is -2.16. The van der Waals surface area contributed by atoms with Gasteiger partial charge < -0.3 is 10.1 Å². The van der Waals surface area contributed by atoms with Gasteiger partial charge in [-0.1, -0.05) is 6.07 Å².